The summed E-state index contributed by atoms with van der Waals surface area (Å²) in [6.07, 6.45) is 4.54. The number of rotatable bonds is 2. The second-order valence-corrected chi connectivity index (χ2v) is 7.46. The number of fused-ring (bicyclic) bond motifs is 2. The van der Waals surface area contributed by atoms with E-state index in [-0.39, 0.29) is 5.82 Å². The molecule has 0 radical (unpaired) electrons. The van der Waals surface area contributed by atoms with Gasteiger partial charge in [-0.15, -0.1) is 5.10 Å². The number of imidazole rings is 1. The Morgan fingerprint density at radius 2 is 2.00 bits per heavy atom. The third kappa shape index (κ3) is 2.39. The Bertz CT molecular complexity index is 839. The molecule has 2 saturated heterocycles. The highest BCUT2D eigenvalue weighted by molar-refractivity contribution is 7.20. The molecule has 2 aromatic heterocycles. The minimum absolute atomic E-state index is 0.230. The summed E-state index contributed by atoms with van der Waals surface area (Å²) < 4.78 is 14.9. The fourth-order valence-electron chi connectivity index (χ4n) is 3.74. The molecule has 1 aromatic carbocycles. The maximum Gasteiger partial charge on any atom is 0.214 e. The average Bonchev–Trinajstić information content (AvgIpc) is 3.28. The lowest BCUT2D eigenvalue weighted by Crippen LogP contribution is -2.50. The summed E-state index contributed by atoms with van der Waals surface area (Å²) in [6, 6.07) is 7.11. The van der Waals surface area contributed by atoms with Gasteiger partial charge in [0.15, 0.2) is 0 Å². The molecule has 2 aliphatic rings. The monoisotopic (exact) mass is 343 g/mol. The van der Waals surface area contributed by atoms with Gasteiger partial charge >= 0.3 is 0 Å². The Kier molecular flexibility index (Phi) is 3.31. The molecule has 2 fully saturated rings. The van der Waals surface area contributed by atoms with Gasteiger partial charge in [-0.25, -0.2) is 13.9 Å². The molecule has 2 aliphatic heterocycles. The summed E-state index contributed by atoms with van der Waals surface area (Å²) in [5, 5.41) is 5.77. The highest BCUT2D eigenvalue weighted by Gasteiger charge is 2.31. The molecular weight excluding hydrogens is 325 g/mol. The summed E-state index contributed by atoms with van der Waals surface area (Å²) in [5.74, 6) is -0.230. The Morgan fingerprint density at radius 3 is 2.83 bits per heavy atom. The van der Waals surface area contributed by atoms with Gasteiger partial charge in [0.25, 0.3) is 0 Å². The number of hydrogen-bond donors (Lipinski definition) is 0. The van der Waals surface area contributed by atoms with E-state index in [0.29, 0.717) is 6.04 Å². The van der Waals surface area contributed by atoms with Crippen molar-refractivity contribution in [3.8, 4) is 11.3 Å². The van der Waals surface area contributed by atoms with Gasteiger partial charge in [0.05, 0.1) is 11.9 Å². The highest BCUT2D eigenvalue weighted by atomic mass is 32.1. The van der Waals surface area contributed by atoms with Crippen molar-refractivity contribution >= 4 is 21.4 Å². The molecular formula is C17H18FN5S. The lowest BCUT2D eigenvalue weighted by molar-refractivity contribution is 0.230. The Labute approximate surface area is 143 Å². The molecule has 3 aromatic rings. The first kappa shape index (κ1) is 14.4. The zero-order valence-corrected chi connectivity index (χ0v) is 14.0. The molecule has 0 amide bonds. The number of nitrogens with zero attached hydrogens (tertiary/aromatic N) is 5. The van der Waals surface area contributed by atoms with Crippen LogP contribution in [0.1, 0.15) is 12.8 Å². The second-order valence-electron chi connectivity index (χ2n) is 6.52. The first-order chi connectivity index (χ1) is 11.8. The van der Waals surface area contributed by atoms with Gasteiger partial charge < -0.3 is 4.90 Å². The Morgan fingerprint density at radius 1 is 1.12 bits per heavy atom. The highest BCUT2D eigenvalue weighted by Crippen LogP contribution is 2.30. The molecule has 0 saturated carbocycles. The van der Waals surface area contributed by atoms with Gasteiger partial charge in [0.1, 0.15) is 5.82 Å². The molecule has 124 valence electrons. The normalized spacial score (nSPS) is 21.5. The van der Waals surface area contributed by atoms with E-state index in [1.807, 2.05) is 10.7 Å². The molecule has 0 spiro atoms. The number of anilines is 1. The fraction of sp³-hybridized carbons (Fsp3) is 0.412. The minimum atomic E-state index is -0.230. The molecule has 0 N–H and O–H groups in total. The third-order valence-electron chi connectivity index (χ3n) is 5.03. The van der Waals surface area contributed by atoms with Gasteiger partial charge in [0.2, 0.25) is 10.1 Å². The quantitative estimate of drug-likeness (QED) is 0.717. The van der Waals surface area contributed by atoms with Crippen LogP contribution in [-0.2, 0) is 0 Å². The number of hydrogen-bond acceptors (Lipinski definition) is 5. The van der Waals surface area contributed by atoms with Crippen molar-refractivity contribution in [2.45, 2.75) is 18.9 Å². The summed E-state index contributed by atoms with van der Waals surface area (Å²) in [7, 11) is 0. The van der Waals surface area contributed by atoms with Gasteiger partial charge in [-0.1, -0.05) is 11.3 Å². The van der Waals surface area contributed by atoms with Crippen LogP contribution in [0.15, 0.2) is 30.5 Å². The van der Waals surface area contributed by atoms with Crippen LogP contribution < -0.4 is 4.90 Å². The lowest BCUT2D eigenvalue weighted by atomic mass is 10.2. The average molecular weight is 343 g/mol. The Hall–Kier alpha value is -1.99. The standard InChI is InChI=1S/C17H18FN5S/c18-13-5-3-12(4-6-13)15-11-23-16(19-15)24-17(20-23)22-9-8-21-7-1-2-14(21)10-22/h3-6,11,14H,1-2,7-10H2. The van der Waals surface area contributed by atoms with Gasteiger partial charge in [-0.2, -0.15) is 0 Å². The van der Waals surface area contributed by atoms with Crippen molar-refractivity contribution in [1.29, 1.82) is 0 Å². The van der Waals surface area contributed by atoms with E-state index < -0.39 is 0 Å². The molecule has 0 bridgehead atoms. The number of piperazine rings is 1. The maximum absolute atomic E-state index is 13.1. The van der Waals surface area contributed by atoms with Crippen molar-refractivity contribution in [2.75, 3.05) is 31.1 Å². The van der Waals surface area contributed by atoms with Crippen LogP contribution in [0.5, 0.6) is 0 Å². The number of halogens is 1. The molecule has 1 unspecified atom stereocenters. The summed E-state index contributed by atoms with van der Waals surface area (Å²) in [4.78, 5) is 10.5. The van der Waals surface area contributed by atoms with Crippen LogP contribution in [0.2, 0.25) is 0 Å². The molecule has 4 heterocycles. The lowest BCUT2D eigenvalue weighted by Gasteiger charge is -2.37. The van der Waals surface area contributed by atoms with Crippen molar-refractivity contribution < 1.29 is 4.39 Å². The maximum atomic E-state index is 13.1. The summed E-state index contributed by atoms with van der Waals surface area (Å²) >= 11 is 1.63. The second kappa shape index (κ2) is 5.53. The first-order valence-corrected chi connectivity index (χ1v) is 9.19. The first-order valence-electron chi connectivity index (χ1n) is 8.37. The van der Waals surface area contributed by atoms with E-state index in [1.54, 1.807) is 23.5 Å². The number of aromatic nitrogens is 3. The van der Waals surface area contributed by atoms with Gasteiger partial charge in [-0.05, 0) is 43.7 Å². The van der Waals surface area contributed by atoms with E-state index in [4.69, 9.17) is 5.10 Å². The predicted molar refractivity (Wildman–Crippen MR) is 93.1 cm³/mol. The van der Waals surface area contributed by atoms with E-state index in [9.17, 15) is 4.39 Å². The van der Waals surface area contributed by atoms with E-state index in [0.717, 1.165) is 41.0 Å². The van der Waals surface area contributed by atoms with Gasteiger partial charge in [0, 0.05) is 31.2 Å². The smallest absolute Gasteiger partial charge is 0.214 e. The summed E-state index contributed by atoms with van der Waals surface area (Å²) in [6.45, 7) is 4.49. The van der Waals surface area contributed by atoms with Crippen molar-refractivity contribution in [3.05, 3.63) is 36.3 Å². The minimum Gasteiger partial charge on any atom is -0.344 e. The van der Waals surface area contributed by atoms with Crippen LogP contribution in [0.4, 0.5) is 9.52 Å². The molecule has 0 aliphatic carbocycles. The van der Waals surface area contributed by atoms with E-state index in [1.165, 1.54) is 31.5 Å². The molecule has 5 rings (SSSR count). The molecule has 24 heavy (non-hydrogen) atoms. The fourth-order valence-corrected chi connectivity index (χ4v) is 4.66. The number of benzene rings is 1. The summed E-state index contributed by atoms with van der Waals surface area (Å²) in [5.41, 5.74) is 1.75. The SMILES string of the molecule is Fc1ccc(-c2cn3nc(N4CCN5CCCC5C4)sc3n2)cc1. The topological polar surface area (TPSA) is 36.7 Å². The van der Waals surface area contributed by atoms with E-state index >= 15 is 0 Å². The molecule has 5 nitrogen and oxygen atoms in total. The van der Waals surface area contributed by atoms with Crippen LogP contribution >= 0.6 is 11.3 Å². The van der Waals surface area contributed by atoms with Crippen LogP contribution in [-0.4, -0.2) is 51.7 Å². The van der Waals surface area contributed by atoms with Crippen LogP contribution in [0.25, 0.3) is 16.2 Å². The predicted octanol–water partition coefficient (Wildman–Crippen LogP) is 2.88. The van der Waals surface area contributed by atoms with Gasteiger partial charge in [-0.3, -0.25) is 4.90 Å². The zero-order chi connectivity index (χ0) is 16.1. The molecule has 7 heteroatoms. The Balaban J connectivity index is 1.41. The largest absolute Gasteiger partial charge is 0.344 e. The van der Waals surface area contributed by atoms with E-state index in [2.05, 4.69) is 14.8 Å². The third-order valence-corrected chi connectivity index (χ3v) is 6.01. The molecule has 1 atom stereocenters. The van der Waals surface area contributed by atoms with Crippen molar-refractivity contribution in [3.63, 3.8) is 0 Å². The van der Waals surface area contributed by atoms with Crippen LogP contribution in [0, 0.1) is 5.82 Å². The van der Waals surface area contributed by atoms with Crippen molar-refractivity contribution in [1.82, 2.24) is 19.5 Å². The zero-order valence-electron chi connectivity index (χ0n) is 13.2. The van der Waals surface area contributed by atoms with Crippen molar-refractivity contribution in [2.24, 2.45) is 0 Å². The van der Waals surface area contributed by atoms with Crippen LogP contribution in [0.3, 0.4) is 0 Å².